The zero-order valence-corrected chi connectivity index (χ0v) is 18.7. The number of aryl methyl sites for hydroxylation is 1. The van der Waals surface area contributed by atoms with Crippen LogP contribution in [-0.2, 0) is 27.0 Å². The van der Waals surface area contributed by atoms with Gasteiger partial charge in [0.15, 0.2) is 0 Å². The maximum Gasteiger partial charge on any atom is 0.416 e. The molecule has 1 heterocycles. The Morgan fingerprint density at radius 3 is 2.52 bits per heavy atom. The fourth-order valence-corrected chi connectivity index (χ4v) is 3.76. The van der Waals surface area contributed by atoms with Gasteiger partial charge in [0.05, 0.1) is 24.8 Å². The Bertz CT molecular complexity index is 1240. The molecule has 0 N–H and O–H groups in total. The summed E-state index contributed by atoms with van der Waals surface area (Å²) in [5.74, 6) is -1.06. The van der Waals surface area contributed by atoms with E-state index in [2.05, 4.69) is 0 Å². The van der Waals surface area contributed by atoms with Gasteiger partial charge in [0.1, 0.15) is 0 Å². The topological polar surface area (TPSA) is 57.5 Å². The first-order chi connectivity index (χ1) is 15.5. The number of esters is 2. The molecule has 174 valence electrons. The number of nitrogens with zero attached hydrogens (tertiary/aromatic N) is 1. The van der Waals surface area contributed by atoms with Crippen molar-refractivity contribution in [2.45, 2.75) is 33.5 Å². The van der Waals surface area contributed by atoms with Gasteiger partial charge in [-0.15, -0.1) is 0 Å². The molecule has 2 aromatic carbocycles. The Kier molecular flexibility index (Phi) is 6.95. The zero-order valence-electron chi connectivity index (χ0n) is 18.7. The van der Waals surface area contributed by atoms with Crippen LogP contribution in [0, 0.1) is 6.92 Å². The lowest BCUT2D eigenvalue weighted by molar-refractivity contribution is -0.138. The molecular weight excluding hydrogens is 435 g/mol. The monoisotopic (exact) mass is 459 g/mol. The highest BCUT2D eigenvalue weighted by Crippen LogP contribution is 2.32. The van der Waals surface area contributed by atoms with Crippen LogP contribution in [0.3, 0.4) is 0 Å². The number of benzene rings is 2. The maximum absolute atomic E-state index is 13.3. The van der Waals surface area contributed by atoms with Gasteiger partial charge in [0.2, 0.25) is 0 Å². The number of rotatable bonds is 6. The maximum atomic E-state index is 13.3. The smallest absolute Gasteiger partial charge is 0.416 e. The van der Waals surface area contributed by atoms with Gasteiger partial charge in [-0.3, -0.25) is 0 Å². The number of carbonyl (C=O) groups excluding carboxylic acids is 2. The highest BCUT2D eigenvalue weighted by Gasteiger charge is 2.31. The minimum absolute atomic E-state index is 0.137. The molecule has 33 heavy (non-hydrogen) atoms. The minimum atomic E-state index is -4.46. The predicted octanol–water partition coefficient (Wildman–Crippen LogP) is 5.77. The van der Waals surface area contributed by atoms with E-state index in [1.165, 1.54) is 7.11 Å². The van der Waals surface area contributed by atoms with Gasteiger partial charge in [0.25, 0.3) is 0 Å². The second-order valence-corrected chi connectivity index (χ2v) is 7.66. The Balaban J connectivity index is 2.18. The zero-order chi connectivity index (χ0) is 24.3. The molecule has 0 saturated heterocycles. The summed E-state index contributed by atoms with van der Waals surface area (Å²) in [4.78, 5) is 24.5. The van der Waals surface area contributed by atoms with Crippen molar-refractivity contribution in [3.8, 4) is 0 Å². The normalized spacial score (nSPS) is 12.2. The van der Waals surface area contributed by atoms with Crippen molar-refractivity contribution in [3.63, 3.8) is 0 Å². The summed E-state index contributed by atoms with van der Waals surface area (Å²) in [6.45, 7) is 5.26. The number of hydrogen-bond donors (Lipinski definition) is 0. The lowest BCUT2D eigenvalue weighted by Gasteiger charge is -2.12. The fraction of sp³-hybridized carbons (Fsp3) is 0.280. The summed E-state index contributed by atoms with van der Waals surface area (Å²) in [6.07, 6.45) is -1.15. The lowest BCUT2D eigenvalue weighted by atomic mass is 10.0. The first-order valence-electron chi connectivity index (χ1n) is 10.3. The number of methoxy groups -OCH3 is 1. The predicted molar refractivity (Wildman–Crippen MR) is 119 cm³/mol. The Morgan fingerprint density at radius 2 is 1.88 bits per heavy atom. The van der Waals surface area contributed by atoms with E-state index in [1.807, 2.05) is 0 Å². The van der Waals surface area contributed by atoms with Crippen LogP contribution in [0.5, 0.6) is 0 Å². The summed E-state index contributed by atoms with van der Waals surface area (Å²) < 4.78 is 51.6. The molecule has 0 aliphatic heterocycles. The van der Waals surface area contributed by atoms with Crippen molar-refractivity contribution < 1.29 is 32.2 Å². The number of hydrogen-bond acceptors (Lipinski definition) is 4. The van der Waals surface area contributed by atoms with Crippen LogP contribution in [0.1, 0.15) is 46.5 Å². The van der Waals surface area contributed by atoms with Crippen molar-refractivity contribution in [1.82, 2.24) is 4.57 Å². The molecule has 0 amide bonds. The average Bonchev–Trinajstić information content (AvgIpc) is 3.09. The van der Waals surface area contributed by atoms with E-state index >= 15 is 0 Å². The van der Waals surface area contributed by atoms with Gasteiger partial charge in [-0.25, -0.2) is 9.59 Å². The van der Waals surface area contributed by atoms with E-state index in [1.54, 1.807) is 61.9 Å². The third-order valence-corrected chi connectivity index (χ3v) is 5.13. The molecule has 0 unspecified atom stereocenters. The van der Waals surface area contributed by atoms with Crippen molar-refractivity contribution in [2.24, 2.45) is 0 Å². The Labute approximate surface area is 189 Å². The summed E-state index contributed by atoms with van der Waals surface area (Å²) in [5, 5.41) is 0.539. The third kappa shape index (κ3) is 5.27. The molecule has 0 aliphatic rings. The first kappa shape index (κ1) is 24.1. The SMILES string of the molecule is CCOC(=O)/C(C)=C/c1cn(Cc2cc(C)cc(C(F)(F)F)c2)c2cccc(C(=O)OC)c12. The number of alkyl halides is 3. The van der Waals surface area contributed by atoms with Gasteiger partial charge in [-0.2, -0.15) is 13.2 Å². The number of fused-ring (bicyclic) bond motifs is 1. The molecule has 1 aromatic heterocycles. The van der Waals surface area contributed by atoms with Crippen molar-refractivity contribution in [1.29, 1.82) is 0 Å². The van der Waals surface area contributed by atoms with Crippen LogP contribution < -0.4 is 0 Å². The number of carbonyl (C=O) groups is 2. The minimum Gasteiger partial charge on any atom is -0.465 e. The van der Waals surface area contributed by atoms with Crippen LogP contribution in [0.15, 0.2) is 48.2 Å². The largest absolute Gasteiger partial charge is 0.465 e. The quantitative estimate of drug-likeness (QED) is 0.347. The van der Waals surface area contributed by atoms with Crippen molar-refractivity contribution >= 4 is 28.9 Å². The lowest BCUT2D eigenvalue weighted by Crippen LogP contribution is -2.07. The molecular formula is C25H24F3NO4. The van der Waals surface area contributed by atoms with E-state index in [0.717, 1.165) is 12.1 Å². The molecule has 0 fully saturated rings. The summed E-state index contributed by atoms with van der Waals surface area (Å²) in [7, 11) is 1.27. The molecule has 3 rings (SSSR count). The van der Waals surface area contributed by atoms with Crippen molar-refractivity contribution in [2.75, 3.05) is 13.7 Å². The number of halogens is 3. The second kappa shape index (κ2) is 9.52. The van der Waals surface area contributed by atoms with E-state index in [9.17, 15) is 22.8 Å². The summed E-state index contributed by atoms with van der Waals surface area (Å²) in [5.41, 5.74) is 2.02. The third-order valence-electron chi connectivity index (χ3n) is 5.13. The number of ether oxygens (including phenoxy) is 2. The van der Waals surface area contributed by atoms with Gasteiger partial charge < -0.3 is 14.0 Å². The van der Waals surface area contributed by atoms with Crippen LogP contribution >= 0.6 is 0 Å². The van der Waals surface area contributed by atoms with Gasteiger partial charge in [-0.05, 0) is 56.7 Å². The second-order valence-electron chi connectivity index (χ2n) is 7.66. The molecule has 0 radical (unpaired) electrons. The fourth-order valence-electron chi connectivity index (χ4n) is 3.76. The van der Waals surface area contributed by atoms with E-state index in [4.69, 9.17) is 9.47 Å². The van der Waals surface area contributed by atoms with Crippen LogP contribution in [0.4, 0.5) is 13.2 Å². The van der Waals surface area contributed by atoms with Crippen LogP contribution in [0.2, 0.25) is 0 Å². The highest BCUT2D eigenvalue weighted by atomic mass is 19.4. The Hall–Kier alpha value is -3.55. The first-order valence-corrected chi connectivity index (χ1v) is 10.3. The average molecular weight is 459 g/mol. The van der Waals surface area contributed by atoms with Gasteiger partial charge in [-0.1, -0.05) is 17.7 Å². The van der Waals surface area contributed by atoms with E-state index in [0.29, 0.717) is 33.2 Å². The molecule has 0 bridgehead atoms. The van der Waals surface area contributed by atoms with Gasteiger partial charge in [0, 0.05) is 34.8 Å². The molecule has 3 aromatic rings. The van der Waals surface area contributed by atoms with Gasteiger partial charge >= 0.3 is 18.1 Å². The summed E-state index contributed by atoms with van der Waals surface area (Å²) in [6, 6.07) is 8.94. The van der Waals surface area contributed by atoms with E-state index in [-0.39, 0.29) is 18.7 Å². The molecule has 0 atom stereocenters. The highest BCUT2D eigenvalue weighted by molar-refractivity contribution is 6.08. The summed E-state index contributed by atoms with van der Waals surface area (Å²) >= 11 is 0. The number of aromatic nitrogens is 1. The molecule has 5 nitrogen and oxygen atoms in total. The van der Waals surface area contributed by atoms with Crippen molar-refractivity contribution in [3.05, 3.63) is 76.0 Å². The molecule has 0 aliphatic carbocycles. The van der Waals surface area contributed by atoms with E-state index < -0.39 is 23.7 Å². The standard InChI is InChI=1S/C25H24F3NO4/c1-5-33-23(30)16(3)11-18-14-29(21-8-6-7-20(22(18)21)24(31)32-4)13-17-9-15(2)10-19(12-17)25(26,27)28/h6-12,14H,5,13H2,1-4H3/b16-11+. The Morgan fingerprint density at radius 1 is 1.15 bits per heavy atom. The van der Waals surface area contributed by atoms with Crippen LogP contribution in [0.25, 0.3) is 17.0 Å². The van der Waals surface area contributed by atoms with Crippen LogP contribution in [-0.4, -0.2) is 30.2 Å². The molecule has 0 saturated carbocycles. The molecule has 8 heteroatoms. The molecule has 0 spiro atoms.